The Bertz CT molecular complexity index is 766. The van der Waals surface area contributed by atoms with Crippen molar-refractivity contribution in [2.75, 3.05) is 22.9 Å². The van der Waals surface area contributed by atoms with E-state index in [0.29, 0.717) is 17.3 Å². The van der Waals surface area contributed by atoms with Gasteiger partial charge in [0.2, 0.25) is 0 Å². The lowest BCUT2D eigenvalue weighted by Crippen LogP contribution is -2.07. The van der Waals surface area contributed by atoms with Gasteiger partial charge in [-0.15, -0.1) is 0 Å². The summed E-state index contributed by atoms with van der Waals surface area (Å²) in [6.07, 6.45) is 3.25. The van der Waals surface area contributed by atoms with Gasteiger partial charge in [-0.05, 0) is 19.1 Å². The molecule has 0 fully saturated rings. The molecule has 0 aliphatic heterocycles. The van der Waals surface area contributed by atoms with Crippen molar-refractivity contribution in [1.29, 1.82) is 0 Å². The molecule has 0 saturated carbocycles. The van der Waals surface area contributed by atoms with Gasteiger partial charge < -0.3 is 16.4 Å². The van der Waals surface area contributed by atoms with Crippen molar-refractivity contribution in [1.82, 2.24) is 15.0 Å². The molecule has 21 heavy (non-hydrogen) atoms. The first-order valence-corrected chi connectivity index (χ1v) is 6.74. The first-order valence-electron chi connectivity index (χ1n) is 6.74. The average molecular weight is 280 g/mol. The van der Waals surface area contributed by atoms with Crippen LogP contribution in [0.4, 0.5) is 23.0 Å². The zero-order valence-corrected chi connectivity index (χ0v) is 11.7. The number of pyridine rings is 1. The van der Waals surface area contributed by atoms with E-state index in [1.807, 2.05) is 37.3 Å². The van der Waals surface area contributed by atoms with Crippen LogP contribution in [0.2, 0.25) is 0 Å². The Morgan fingerprint density at radius 1 is 1.05 bits per heavy atom. The van der Waals surface area contributed by atoms with Gasteiger partial charge in [0.15, 0.2) is 11.6 Å². The quantitative estimate of drug-likeness (QED) is 0.681. The highest BCUT2D eigenvalue weighted by atomic mass is 15.1. The third kappa shape index (κ3) is 2.55. The number of nitrogens with zero attached hydrogens (tertiary/aromatic N) is 3. The second-order valence-corrected chi connectivity index (χ2v) is 4.52. The highest BCUT2D eigenvalue weighted by molar-refractivity contribution is 5.93. The summed E-state index contributed by atoms with van der Waals surface area (Å²) in [6, 6.07) is 9.86. The van der Waals surface area contributed by atoms with Crippen molar-refractivity contribution in [3.8, 4) is 0 Å². The molecule has 2 heterocycles. The highest BCUT2D eigenvalue weighted by Gasteiger charge is 2.09. The molecular formula is C15H16N6. The standard InChI is InChI=1S/C15H16N6/c1-2-17-14-12(16)15(20-9-19-14)21-11-7-3-5-10-6-4-8-18-13(10)11/h3-9H,2,16H2,1H3,(H2,17,19,20,21). The number of fused-ring (bicyclic) bond motifs is 1. The van der Waals surface area contributed by atoms with E-state index in [1.54, 1.807) is 6.20 Å². The highest BCUT2D eigenvalue weighted by Crippen LogP contribution is 2.28. The van der Waals surface area contributed by atoms with Crippen LogP contribution in [0, 0.1) is 0 Å². The molecule has 0 spiro atoms. The van der Waals surface area contributed by atoms with Crippen molar-refractivity contribution < 1.29 is 0 Å². The summed E-state index contributed by atoms with van der Waals surface area (Å²) >= 11 is 0. The van der Waals surface area contributed by atoms with E-state index in [1.165, 1.54) is 6.33 Å². The molecule has 3 rings (SSSR count). The lowest BCUT2D eigenvalue weighted by molar-refractivity contribution is 1.12. The largest absolute Gasteiger partial charge is 0.393 e. The molecule has 0 aliphatic carbocycles. The molecule has 0 amide bonds. The molecule has 0 aliphatic rings. The predicted octanol–water partition coefficient (Wildman–Crippen LogP) is 2.78. The van der Waals surface area contributed by atoms with E-state index in [2.05, 4.69) is 25.6 Å². The topological polar surface area (TPSA) is 88.8 Å². The zero-order chi connectivity index (χ0) is 14.7. The molecule has 6 nitrogen and oxygen atoms in total. The first kappa shape index (κ1) is 13.1. The van der Waals surface area contributed by atoms with Crippen molar-refractivity contribution in [2.24, 2.45) is 0 Å². The van der Waals surface area contributed by atoms with E-state index < -0.39 is 0 Å². The van der Waals surface area contributed by atoms with Crippen LogP contribution in [-0.4, -0.2) is 21.5 Å². The third-order valence-corrected chi connectivity index (χ3v) is 3.11. The number of hydrogen-bond acceptors (Lipinski definition) is 6. The summed E-state index contributed by atoms with van der Waals surface area (Å²) in [7, 11) is 0. The fraction of sp³-hybridized carbons (Fsp3) is 0.133. The molecule has 4 N–H and O–H groups in total. The second kappa shape index (κ2) is 5.62. The third-order valence-electron chi connectivity index (χ3n) is 3.11. The monoisotopic (exact) mass is 280 g/mol. The maximum atomic E-state index is 6.09. The lowest BCUT2D eigenvalue weighted by atomic mass is 10.2. The number of aromatic nitrogens is 3. The van der Waals surface area contributed by atoms with Gasteiger partial charge in [-0.1, -0.05) is 18.2 Å². The van der Waals surface area contributed by atoms with Gasteiger partial charge in [0.25, 0.3) is 0 Å². The summed E-state index contributed by atoms with van der Waals surface area (Å²) in [5, 5.41) is 7.40. The number of para-hydroxylation sites is 1. The van der Waals surface area contributed by atoms with E-state index >= 15 is 0 Å². The number of nitrogen functional groups attached to an aromatic ring is 1. The molecule has 1 aromatic carbocycles. The maximum Gasteiger partial charge on any atom is 0.159 e. The number of nitrogens with one attached hydrogen (secondary N) is 2. The molecule has 0 saturated heterocycles. The normalized spacial score (nSPS) is 10.5. The fourth-order valence-electron chi connectivity index (χ4n) is 2.14. The van der Waals surface area contributed by atoms with Crippen LogP contribution in [0.3, 0.4) is 0 Å². The second-order valence-electron chi connectivity index (χ2n) is 4.52. The van der Waals surface area contributed by atoms with Gasteiger partial charge in [0.1, 0.15) is 12.0 Å². The Morgan fingerprint density at radius 2 is 1.86 bits per heavy atom. The summed E-state index contributed by atoms with van der Waals surface area (Å²) in [4.78, 5) is 12.7. The Kier molecular flexibility index (Phi) is 3.51. The SMILES string of the molecule is CCNc1ncnc(Nc2cccc3cccnc23)c1N. The molecule has 0 atom stereocenters. The van der Waals surface area contributed by atoms with E-state index in [4.69, 9.17) is 5.73 Å². The van der Waals surface area contributed by atoms with Gasteiger partial charge in [-0.3, -0.25) is 4.98 Å². The van der Waals surface area contributed by atoms with Gasteiger partial charge in [0.05, 0.1) is 11.2 Å². The smallest absolute Gasteiger partial charge is 0.159 e. The molecular weight excluding hydrogens is 264 g/mol. The van der Waals surface area contributed by atoms with Crippen molar-refractivity contribution in [2.45, 2.75) is 6.92 Å². The number of nitrogens with two attached hydrogens (primary N) is 1. The molecule has 0 bridgehead atoms. The molecule has 0 radical (unpaired) electrons. The molecule has 2 aromatic heterocycles. The summed E-state index contributed by atoms with van der Waals surface area (Å²) in [5.41, 5.74) is 8.32. The van der Waals surface area contributed by atoms with Crippen molar-refractivity contribution in [3.63, 3.8) is 0 Å². The summed E-state index contributed by atoms with van der Waals surface area (Å²) in [6.45, 7) is 2.74. The zero-order valence-electron chi connectivity index (χ0n) is 11.7. The van der Waals surface area contributed by atoms with Crippen molar-refractivity contribution in [3.05, 3.63) is 42.9 Å². The number of hydrogen-bond donors (Lipinski definition) is 3. The molecule has 0 unspecified atom stereocenters. The van der Waals surface area contributed by atoms with Crippen LogP contribution in [0.5, 0.6) is 0 Å². The lowest BCUT2D eigenvalue weighted by Gasteiger charge is -2.12. The van der Waals surface area contributed by atoms with E-state index in [9.17, 15) is 0 Å². The predicted molar refractivity (Wildman–Crippen MR) is 85.6 cm³/mol. The Hall–Kier alpha value is -2.89. The van der Waals surface area contributed by atoms with Crippen LogP contribution >= 0.6 is 0 Å². The van der Waals surface area contributed by atoms with Gasteiger partial charge >= 0.3 is 0 Å². The Morgan fingerprint density at radius 3 is 2.71 bits per heavy atom. The number of rotatable bonds is 4. The fourth-order valence-corrected chi connectivity index (χ4v) is 2.14. The van der Waals surface area contributed by atoms with Gasteiger partial charge in [-0.2, -0.15) is 0 Å². The van der Waals surface area contributed by atoms with Crippen LogP contribution in [0.25, 0.3) is 10.9 Å². The van der Waals surface area contributed by atoms with Crippen molar-refractivity contribution >= 4 is 33.9 Å². The van der Waals surface area contributed by atoms with Crippen LogP contribution in [-0.2, 0) is 0 Å². The average Bonchev–Trinajstić information content (AvgIpc) is 2.52. The Balaban J connectivity index is 2.01. The number of benzene rings is 1. The van der Waals surface area contributed by atoms with Crippen LogP contribution in [0.15, 0.2) is 42.9 Å². The number of anilines is 4. The van der Waals surface area contributed by atoms with Crippen LogP contribution in [0.1, 0.15) is 6.92 Å². The minimum Gasteiger partial charge on any atom is -0.393 e. The maximum absolute atomic E-state index is 6.09. The van der Waals surface area contributed by atoms with E-state index in [0.717, 1.165) is 23.1 Å². The van der Waals surface area contributed by atoms with E-state index in [-0.39, 0.29) is 0 Å². The molecule has 3 aromatic rings. The summed E-state index contributed by atoms with van der Waals surface area (Å²) < 4.78 is 0. The Labute approximate surface area is 122 Å². The minimum atomic E-state index is 0.493. The minimum absolute atomic E-state index is 0.493. The molecule has 106 valence electrons. The van der Waals surface area contributed by atoms with Gasteiger partial charge in [0, 0.05) is 18.1 Å². The first-order chi connectivity index (χ1) is 10.3. The van der Waals surface area contributed by atoms with Crippen LogP contribution < -0.4 is 16.4 Å². The van der Waals surface area contributed by atoms with Gasteiger partial charge in [-0.25, -0.2) is 9.97 Å². The molecule has 6 heteroatoms. The summed E-state index contributed by atoms with van der Waals surface area (Å²) in [5.74, 6) is 1.20.